The Hall–Kier alpha value is -1.69. The lowest BCUT2D eigenvalue weighted by Gasteiger charge is -2.25. The minimum Gasteiger partial charge on any atom is -0.382 e. The van der Waals surface area contributed by atoms with Gasteiger partial charge in [0.25, 0.3) is 5.91 Å². The van der Waals surface area contributed by atoms with Crippen LogP contribution in [-0.2, 0) is 4.84 Å². The average Bonchev–Trinajstić information content (AvgIpc) is 2.30. The van der Waals surface area contributed by atoms with Crippen LogP contribution in [0.2, 0.25) is 0 Å². The molecule has 2 rings (SSSR count). The van der Waals surface area contributed by atoms with Crippen LogP contribution < -0.4 is 5.73 Å². The first-order valence-electron chi connectivity index (χ1n) is 4.80. The summed E-state index contributed by atoms with van der Waals surface area (Å²) in [4.78, 5) is 24.8. The van der Waals surface area contributed by atoms with Crippen LogP contribution in [0, 0.1) is 0 Å². The van der Waals surface area contributed by atoms with Crippen molar-refractivity contribution >= 4 is 11.7 Å². The zero-order chi connectivity index (χ0) is 10.7. The lowest BCUT2D eigenvalue weighted by Crippen LogP contribution is -2.36. The van der Waals surface area contributed by atoms with Gasteiger partial charge in [0.15, 0.2) is 11.5 Å². The summed E-state index contributed by atoms with van der Waals surface area (Å²) in [6.45, 7) is 1.14. The number of hydroxylamine groups is 2. The molecule has 1 aliphatic rings. The number of anilines is 1. The summed E-state index contributed by atoms with van der Waals surface area (Å²) in [7, 11) is 0. The number of amides is 1. The van der Waals surface area contributed by atoms with E-state index in [0.29, 0.717) is 13.2 Å². The Morgan fingerprint density at radius 3 is 2.87 bits per heavy atom. The third-order valence-electron chi connectivity index (χ3n) is 2.16. The minimum atomic E-state index is -0.319. The van der Waals surface area contributed by atoms with Crippen LogP contribution in [0.3, 0.4) is 0 Å². The van der Waals surface area contributed by atoms with Gasteiger partial charge < -0.3 is 5.73 Å². The number of hydrogen-bond donors (Lipinski definition) is 1. The smallest absolute Gasteiger partial charge is 0.299 e. The fourth-order valence-electron chi connectivity index (χ4n) is 1.39. The number of nitrogens with two attached hydrogens (primary N) is 1. The second-order valence-electron chi connectivity index (χ2n) is 3.24. The second-order valence-corrected chi connectivity index (χ2v) is 3.24. The molecule has 0 spiro atoms. The zero-order valence-electron chi connectivity index (χ0n) is 8.22. The van der Waals surface area contributed by atoms with Crippen LogP contribution in [-0.4, -0.2) is 34.1 Å². The number of carbonyl (C=O) groups excluding carboxylic acids is 1. The van der Waals surface area contributed by atoms with Gasteiger partial charge in [-0.2, -0.15) is 0 Å². The maximum atomic E-state index is 11.8. The van der Waals surface area contributed by atoms with Crippen LogP contribution in [0.25, 0.3) is 0 Å². The Morgan fingerprint density at radius 1 is 1.40 bits per heavy atom. The summed E-state index contributed by atoms with van der Waals surface area (Å²) < 4.78 is 0. The van der Waals surface area contributed by atoms with Gasteiger partial charge in [-0.25, -0.2) is 15.0 Å². The van der Waals surface area contributed by atoms with Crippen LogP contribution >= 0.6 is 0 Å². The van der Waals surface area contributed by atoms with E-state index < -0.39 is 0 Å². The topological polar surface area (TPSA) is 81.3 Å². The maximum absolute atomic E-state index is 11.8. The molecule has 1 amide bonds. The number of carbonyl (C=O) groups is 1. The van der Waals surface area contributed by atoms with Crippen molar-refractivity contribution in [3.05, 3.63) is 18.1 Å². The highest BCUT2D eigenvalue weighted by Crippen LogP contribution is 2.12. The monoisotopic (exact) mass is 208 g/mol. The van der Waals surface area contributed by atoms with Crippen molar-refractivity contribution in [2.45, 2.75) is 12.8 Å². The normalized spacial score (nSPS) is 16.4. The first-order chi connectivity index (χ1) is 7.29. The predicted molar refractivity (Wildman–Crippen MR) is 52.7 cm³/mol. The molecule has 1 aromatic heterocycles. The third kappa shape index (κ3) is 2.04. The SMILES string of the molecule is Nc1nccnc1C(=O)N1CCCCO1. The van der Waals surface area contributed by atoms with Crippen molar-refractivity contribution in [1.82, 2.24) is 15.0 Å². The van der Waals surface area contributed by atoms with Crippen LogP contribution in [0.5, 0.6) is 0 Å². The van der Waals surface area contributed by atoms with Gasteiger partial charge in [-0.1, -0.05) is 0 Å². The molecule has 0 unspecified atom stereocenters. The summed E-state index contributed by atoms with van der Waals surface area (Å²) in [5.74, 6) is -0.183. The Bertz CT molecular complexity index is 363. The molecule has 6 nitrogen and oxygen atoms in total. The van der Waals surface area contributed by atoms with Crippen LogP contribution in [0.1, 0.15) is 23.3 Å². The first kappa shape index (κ1) is 9.85. The van der Waals surface area contributed by atoms with E-state index in [-0.39, 0.29) is 17.4 Å². The molecule has 0 bridgehead atoms. The van der Waals surface area contributed by atoms with Crippen molar-refractivity contribution < 1.29 is 9.63 Å². The highest BCUT2D eigenvalue weighted by atomic mass is 16.7. The molecule has 1 aliphatic heterocycles. The maximum Gasteiger partial charge on any atom is 0.299 e. The van der Waals surface area contributed by atoms with E-state index in [0.717, 1.165) is 12.8 Å². The van der Waals surface area contributed by atoms with Gasteiger partial charge in [0.2, 0.25) is 0 Å². The molecule has 1 aromatic rings. The summed E-state index contributed by atoms with van der Waals surface area (Å²) in [6, 6.07) is 0. The molecule has 15 heavy (non-hydrogen) atoms. The third-order valence-corrected chi connectivity index (χ3v) is 2.16. The van der Waals surface area contributed by atoms with E-state index in [2.05, 4.69) is 9.97 Å². The van der Waals surface area contributed by atoms with Gasteiger partial charge >= 0.3 is 0 Å². The molecule has 6 heteroatoms. The molecular weight excluding hydrogens is 196 g/mol. The van der Waals surface area contributed by atoms with Gasteiger partial charge in [-0.15, -0.1) is 0 Å². The Kier molecular flexibility index (Phi) is 2.77. The van der Waals surface area contributed by atoms with Crippen LogP contribution in [0.15, 0.2) is 12.4 Å². The van der Waals surface area contributed by atoms with Crippen LogP contribution in [0.4, 0.5) is 5.82 Å². The molecule has 2 N–H and O–H groups in total. The van der Waals surface area contributed by atoms with E-state index in [9.17, 15) is 4.79 Å². The van der Waals surface area contributed by atoms with E-state index in [1.165, 1.54) is 17.5 Å². The van der Waals surface area contributed by atoms with Crippen molar-refractivity contribution in [2.75, 3.05) is 18.9 Å². The van der Waals surface area contributed by atoms with E-state index >= 15 is 0 Å². The quantitative estimate of drug-likeness (QED) is 0.714. The fourth-order valence-corrected chi connectivity index (χ4v) is 1.39. The van der Waals surface area contributed by atoms with Gasteiger partial charge in [0.1, 0.15) is 0 Å². The average molecular weight is 208 g/mol. The molecule has 80 valence electrons. The highest BCUT2D eigenvalue weighted by Gasteiger charge is 2.22. The summed E-state index contributed by atoms with van der Waals surface area (Å²) in [5.41, 5.74) is 5.70. The largest absolute Gasteiger partial charge is 0.382 e. The summed E-state index contributed by atoms with van der Waals surface area (Å²) in [5, 5.41) is 1.30. The number of nitrogen functional groups attached to an aromatic ring is 1. The standard InChI is InChI=1S/C9H12N4O2/c10-8-7(11-3-4-12-8)9(14)13-5-1-2-6-15-13/h3-4H,1-2,5-6H2,(H2,10,12). The molecular formula is C9H12N4O2. The van der Waals surface area contributed by atoms with Crippen molar-refractivity contribution in [3.8, 4) is 0 Å². The molecule has 0 aromatic carbocycles. The van der Waals surface area contributed by atoms with Gasteiger partial charge in [0.05, 0.1) is 6.61 Å². The number of nitrogens with zero attached hydrogens (tertiary/aromatic N) is 3. The molecule has 0 atom stereocenters. The number of aromatic nitrogens is 2. The fraction of sp³-hybridized carbons (Fsp3) is 0.444. The molecule has 0 radical (unpaired) electrons. The highest BCUT2D eigenvalue weighted by molar-refractivity contribution is 5.95. The summed E-state index contributed by atoms with van der Waals surface area (Å²) >= 11 is 0. The Morgan fingerprint density at radius 2 is 2.20 bits per heavy atom. The number of rotatable bonds is 1. The molecule has 0 aliphatic carbocycles. The molecule has 1 saturated heterocycles. The Labute approximate surface area is 87.0 Å². The van der Waals surface area contributed by atoms with Gasteiger partial charge in [0, 0.05) is 18.9 Å². The van der Waals surface area contributed by atoms with Crippen molar-refractivity contribution in [2.24, 2.45) is 0 Å². The minimum absolute atomic E-state index is 0.136. The summed E-state index contributed by atoms with van der Waals surface area (Å²) in [6.07, 6.45) is 4.79. The molecule has 0 saturated carbocycles. The molecule has 1 fully saturated rings. The second kappa shape index (κ2) is 4.22. The van der Waals surface area contributed by atoms with E-state index in [1.807, 2.05) is 0 Å². The van der Waals surface area contributed by atoms with E-state index in [4.69, 9.17) is 10.6 Å². The van der Waals surface area contributed by atoms with Gasteiger partial charge in [-0.05, 0) is 12.8 Å². The molecule has 2 heterocycles. The lowest BCUT2D eigenvalue weighted by atomic mass is 10.3. The number of hydrogen-bond acceptors (Lipinski definition) is 5. The van der Waals surface area contributed by atoms with Gasteiger partial charge in [-0.3, -0.25) is 9.63 Å². The Balaban J connectivity index is 2.16. The zero-order valence-corrected chi connectivity index (χ0v) is 8.22. The van der Waals surface area contributed by atoms with Crippen molar-refractivity contribution in [1.29, 1.82) is 0 Å². The first-order valence-corrected chi connectivity index (χ1v) is 4.80. The predicted octanol–water partition coefficient (Wildman–Crippen LogP) is 0.226. The van der Waals surface area contributed by atoms with Crippen molar-refractivity contribution in [3.63, 3.8) is 0 Å². The lowest BCUT2D eigenvalue weighted by molar-refractivity contribution is -0.144. The van der Waals surface area contributed by atoms with E-state index in [1.54, 1.807) is 0 Å².